The molecule has 0 saturated carbocycles. The lowest BCUT2D eigenvalue weighted by atomic mass is 9.97. The lowest BCUT2D eigenvalue weighted by molar-refractivity contribution is -0.385. The zero-order valence-corrected chi connectivity index (χ0v) is 12.6. The van der Waals surface area contributed by atoms with Gasteiger partial charge < -0.3 is 4.74 Å². The van der Waals surface area contributed by atoms with Crippen LogP contribution in [0.3, 0.4) is 0 Å². The fourth-order valence-corrected chi connectivity index (χ4v) is 2.23. The van der Waals surface area contributed by atoms with E-state index in [1.54, 1.807) is 32.4 Å². The van der Waals surface area contributed by atoms with Gasteiger partial charge in [0.15, 0.2) is 6.23 Å². The van der Waals surface area contributed by atoms with Gasteiger partial charge in [-0.05, 0) is 27.7 Å². The molecule has 0 spiro atoms. The quantitative estimate of drug-likeness (QED) is 0.516. The van der Waals surface area contributed by atoms with Crippen LogP contribution in [0.5, 0.6) is 0 Å². The molecule has 1 fully saturated rings. The van der Waals surface area contributed by atoms with E-state index in [4.69, 9.17) is 4.74 Å². The van der Waals surface area contributed by atoms with Crippen LogP contribution in [0.2, 0.25) is 0 Å². The second-order valence-electron chi connectivity index (χ2n) is 6.26. The number of ether oxygens (including phenoxy) is 1. The zero-order chi connectivity index (χ0) is 15.8. The maximum Gasteiger partial charge on any atom is 0.312 e. The first-order valence-corrected chi connectivity index (χ1v) is 6.83. The molecule has 116 valence electrons. The lowest BCUT2D eigenvalue weighted by Gasteiger charge is -2.20. The summed E-state index contributed by atoms with van der Waals surface area (Å²) in [7, 11) is 0. The maximum absolute atomic E-state index is 11.9. The summed E-state index contributed by atoms with van der Waals surface area (Å²) >= 11 is 0. The molecule has 8 heteroatoms. The molecule has 0 aliphatic carbocycles. The summed E-state index contributed by atoms with van der Waals surface area (Å²) in [6, 6.07) is -0.0588. The van der Waals surface area contributed by atoms with Gasteiger partial charge in [-0.3, -0.25) is 24.9 Å². The number of carbonyl (C=O) groups excluding carboxylic acids is 1. The van der Waals surface area contributed by atoms with Gasteiger partial charge in [0, 0.05) is 13.0 Å². The summed E-state index contributed by atoms with van der Waals surface area (Å²) in [6.07, 6.45) is 1.41. The van der Waals surface area contributed by atoms with Crippen molar-refractivity contribution in [3.05, 3.63) is 22.0 Å². The molecule has 1 saturated heterocycles. The summed E-state index contributed by atoms with van der Waals surface area (Å²) in [5, 5.41) is 18.0. The smallest absolute Gasteiger partial charge is 0.312 e. The molecule has 0 aromatic carbocycles. The summed E-state index contributed by atoms with van der Waals surface area (Å²) in [6.45, 7) is 7.61. The molecule has 1 aromatic rings. The van der Waals surface area contributed by atoms with Crippen molar-refractivity contribution in [1.82, 2.24) is 15.1 Å². The Morgan fingerprint density at radius 2 is 2.24 bits per heavy atom. The van der Waals surface area contributed by atoms with Gasteiger partial charge in [-0.1, -0.05) is 0 Å². The highest BCUT2D eigenvalue weighted by atomic mass is 16.6. The molecule has 8 nitrogen and oxygen atoms in total. The molecule has 1 unspecified atom stereocenters. The molecule has 1 aliphatic rings. The highest BCUT2D eigenvalue weighted by Gasteiger charge is 2.33. The topological polar surface area (TPSA) is 99.3 Å². The predicted molar refractivity (Wildman–Crippen MR) is 74.6 cm³/mol. The third kappa shape index (κ3) is 3.21. The van der Waals surface area contributed by atoms with Crippen molar-refractivity contribution >= 4 is 11.7 Å². The average molecular weight is 296 g/mol. The second kappa shape index (κ2) is 5.44. The van der Waals surface area contributed by atoms with Crippen LogP contribution in [0.25, 0.3) is 0 Å². The molecule has 21 heavy (non-hydrogen) atoms. The Morgan fingerprint density at radius 1 is 1.57 bits per heavy atom. The Balaban J connectivity index is 2.03. The van der Waals surface area contributed by atoms with E-state index in [2.05, 4.69) is 10.4 Å². The first kappa shape index (κ1) is 15.4. The molecule has 2 atom stereocenters. The van der Waals surface area contributed by atoms with E-state index in [1.807, 2.05) is 0 Å². The fraction of sp³-hybridized carbons (Fsp3) is 0.692. The monoisotopic (exact) mass is 296 g/mol. The molecule has 0 amide bonds. The Labute approximate surface area is 122 Å². The van der Waals surface area contributed by atoms with Gasteiger partial charge in [0.25, 0.3) is 0 Å². The standard InChI is InChI=1S/C13H20N4O4/c1-8-10(17(19)20)7-15-16(8)9-5-11(14-6-9)21-12(18)13(2,3)4/h7,9,11,14H,5-6H2,1-4H3/t9-,11?/m0/s1. The molecular formula is C13H20N4O4. The molecule has 0 bridgehead atoms. The molecule has 1 N–H and O–H groups in total. The van der Waals surface area contributed by atoms with Crippen LogP contribution in [0.4, 0.5) is 5.69 Å². The Hall–Kier alpha value is -1.96. The summed E-state index contributed by atoms with van der Waals surface area (Å²) in [4.78, 5) is 22.2. The predicted octanol–water partition coefficient (Wildman–Crippen LogP) is 1.55. The number of nitrogens with one attached hydrogen (secondary N) is 1. The Kier molecular flexibility index (Phi) is 3.99. The number of hydrogen-bond donors (Lipinski definition) is 1. The Morgan fingerprint density at radius 3 is 2.76 bits per heavy atom. The first-order chi connectivity index (χ1) is 9.70. The minimum Gasteiger partial charge on any atom is -0.446 e. The summed E-state index contributed by atoms with van der Waals surface area (Å²) in [5.74, 6) is -0.274. The molecule has 2 heterocycles. The largest absolute Gasteiger partial charge is 0.446 e. The molecule has 0 radical (unpaired) electrons. The van der Waals surface area contributed by atoms with Gasteiger partial charge in [0.2, 0.25) is 0 Å². The van der Waals surface area contributed by atoms with Crippen molar-refractivity contribution in [2.45, 2.75) is 46.4 Å². The molecular weight excluding hydrogens is 276 g/mol. The third-order valence-electron chi connectivity index (χ3n) is 3.49. The van der Waals surface area contributed by atoms with E-state index in [1.165, 1.54) is 6.20 Å². The molecule has 1 aliphatic heterocycles. The van der Waals surface area contributed by atoms with Crippen LogP contribution in [-0.4, -0.2) is 33.4 Å². The van der Waals surface area contributed by atoms with E-state index in [9.17, 15) is 14.9 Å². The van der Waals surface area contributed by atoms with E-state index in [0.29, 0.717) is 18.7 Å². The first-order valence-electron chi connectivity index (χ1n) is 6.83. The van der Waals surface area contributed by atoms with E-state index < -0.39 is 10.3 Å². The van der Waals surface area contributed by atoms with Crippen molar-refractivity contribution in [1.29, 1.82) is 0 Å². The maximum atomic E-state index is 11.9. The second-order valence-corrected chi connectivity index (χ2v) is 6.26. The number of nitro groups is 1. The number of hydrogen-bond acceptors (Lipinski definition) is 6. The zero-order valence-electron chi connectivity index (χ0n) is 12.6. The van der Waals surface area contributed by atoms with Crippen molar-refractivity contribution < 1.29 is 14.5 Å². The number of carbonyl (C=O) groups is 1. The van der Waals surface area contributed by atoms with Crippen molar-refractivity contribution in [3.63, 3.8) is 0 Å². The van der Waals surface area contributed by atoms with Crippen LogP contribution >= 0.6 is 0 Å². The van der Waals surface area contributed by atoms with Gasteiger partial charge in [-0.25, -0.2) is 0 Å². The van der Waals surface area contributed by atoms with Crippen molar-refractivity contribution in [2.75, 3.05) is 6.54 Å². The van der Waals surface area contributed by atoms with Crippen LogP contribution in [-0.2, 0) is 9.53 Å². The highest BCUT2D eigenvalue weighted by Crippen LogP contribution is 2.27. The minimum absolute atomic E-state index is 0.00476. The van der Waals surface area contributed by atoms with Gasteiger partial charge in [0.1, 0.15) is 11.9 Å². The number of nitrogens with zero attached hydrogens (tertiary/aromatic N) is 3. The summed E-state index contributed by atoms with van der Waals surface area (Å²) in [5.41, 5.74) is -0.0417. The van der Waals surface area contributed by atoms with E-state index in [0.717, 1.165) is 0 Å². The average Bonchev–Trinajstić information content (AvgIpc) is 2.94. The lowest BCUT2D eigenvalue weighted by Crippen LogP contribution is -2.33. The van der Waals surface area contributed by atoms with Crippen LogP contribution < -0.4 is 5.32 Å². The van der Waals surface area contributed by atoms with Crippen LogP contribution in [0.1, 0.15) is 38.9 Å². The SMILES string of the molecule is Cc1c([N+](=O)[O-])cnn1[C@@H]1CNC(OC(=O)C(C)(C)C)C1. The van der Waals surface area contributed by atoms with Crippen molar-refractivity contribution in [2.24, 2.45) is 5.41 Å². The van der Waals surface area contributed by atoms with E-state index >= 15 is 0 Å². The number of esters is 1. The minimum atomic E-state index is -0.555. The van der Waals surface area contributed by atoms with Gasteiger partial charge in [-0.2, -0.15) is 5.10 Å². The number of aromatic nitrogens is 2. The van der Waals surface area contributed by atoms with Gasteiger partial charge in [-0.15, -0.1) is 0 Å². The molecule has 1 aromatic heterocycles. The Bertz CT molecular complexity index is 561. The van der Waals surface area contributed by atoms with E-state index in [-0.39, 0.29) is 23.9 Å². The fourth-order valence-electron chi connectivity index (χ4n) is 2.23. The van der Waals surface area contributed by atoms with Gasteiger partial charge >= 0.3 is 11.7 Å². The number of rotatable bonds is 3. The highest BCUT2D eigenvalue weighted by molar-refractivity contribution is 5.75. The summed E-state index contributed by atoms with van der Waals surface area (Å²) < 4.78 is 7.02. The third-order valence-corrected chi connectivity index (χ3v) is 3.49. The van der Waals surface area contributed by atoms with Crippen LogP contribution in [0.15, 0.2) is 6.20 Å². The van der Waals surface area contributed by atoms with Crippen molar-refractivity contribution in [3.8, 4) is 0 Å². The molecule has 2 rings (SSSR count). The van der Waals surface area contributed by atoms with Gasteiger partial charge in [0.05, 0.1) is 16.4 Å². The normalized spacial score (nSPS) is 22.3. The van der Waals surface area contributed by atoms with Crippen LogP contribution in [0, 0.1) is 22.5 Å².